The van der Waals surface area contributed by atoms with Crippen LogP contribution in [-0.4, -0.2) is 29.3 Å². The molecule has 2 heterocycles. The van der Waals surface area contributed by atoms with Crippen LogP contribution in [-0.2, 0) is 4.74 Å². The molecule has 0 spiro atoms. The van der Waals surface area contributed by atoms with Gasteiger partial charge in [0.1, 0.15) is 6.10 Å². The van der Waals surface area contributed by atoms with Gasteiger partial charge < -0.3 is 9.47 Å². The first-order chi connectivity index (χ1) is 6.84. The molecule has 0 aromatic carbocycles. The van der Waals surface area contributed by atoms with E-state index >= 15 is 0 Å². The van der Waals surface area contributed by atoms with E-state index in [9.17, 15) is 0 Å². The Morgan fingerprint density at radius 2 is 2.14 bits per heavy atom. The Kier molecular flexibility index (Phi) is 3.16. The first-order valence-corrected chi connectivity index (χ1v) is 4.94. The van der Waals surface area contributed by atoms with Crippen LogP contribution >= 0.6 is 11.6 Å². The van der Waals surface area contributed by atoms with Crippen LogP contribution in [0.25, 0.3) is 0 Å². The summed E-state index contributed by atoms with van der Waals surface area (Å²) < 4.78 is 10.8. The Hall–Kier alpha value is -0.870. The molecule has 4 nitrogen and oxygen atoms in total. The van der Waals surface area contributed by atoms with Crippen molar-refractivity contribution >= 4 is 11.6 Å². The van der Waals surface area contributed by atoms with Crippen LogP contribution in [0.4, 0.5) is 0 Å². The van der Waals surface area contributed by atoms with Gasteiger partial charge in [0.2, 0.25) is 5.88 Å². The average Bonchev–Trinajstić information content (AvgIpc) is 2.19. The molecule has 1 fully saturated rings. The number of ether oxygens (including phenoxy) is 2. The van der Waals surface area contributed by atoms with Gasteiger partial charge in [-0.1, -0.05) is 11.6 Å². The number of aromatic nitrogens is 2. The van der Waals surface area contributed by atoms with Crippen molar-refractivity contribution in [3.05, 3.63) is 17.5 Å². The zero-order valence-corrected chi connectivity index (χ0v) is 8.41. The number of halogens is 1. The quantitative estimate of drug-likeness (QED) is 0.752. The summed E-state index contributed by atoms with van der Waals surface area (Å²) in [5.74, 6) is 0.490. The minimum Gasteiger partial charge on any atom is -0.473 e. The fourth-order valence-electron chi connectivity index (χ4n) is 1.35. The monoisotopic (exact) mass is 214 g/mol. The maximum Gasteiger partial charge on any atom is 0.234 e. The lowest BCUT2D eigenvalue weighted by Gasteiger charge is -2.22. The fraction of sp³-hybridized carbons (Fsp3) is 0.556. The van der Waals surface area contributed by atoms with Crippen molar-refractivity contribution < 1.29 is 9.47 Å². The highest BCUT2D eigenvalue weighted by molar-refractivity contribution is 6.29. The van der Waals surface area contributed by atoms with Crippen molar-refractivity contribution in [3.63, 3.8) is 0 Å². The Balaban J connectivity index is 1.95. The molecule has 1 saturated heterocycles. The van der Waals surface area contributed by atoms with Crippen molar-refractivity contribution in [1.29, 1.82) is 0 Å². The zero-order valence-electron chi connectivity index (χ0n) is 7.65. The van der Waals surface area contributed by atoms with Gasteiger partial charge >= 0.3 is 0 Å². The van der Waals surface area contributed by atoms with E-state index in [1.165, 1.54) is 6.20 Å². The van der Waals surface area contributed by atoms with Gasteiger partial charge in [0, 0.05) is 12.8 Å². The number of nitrogens with zero attached hydrogens (tertiary/aromatic N) is 2. The minimum absolute atomic E-state index is 0.177. The molecule has 0 N–H and O–H groups in total. The van der Waals surface area contributed by atoms with E-state index in [0.717, 1.165) is 26.1 Å². The lowest BCUT2D eigenvalue weighted by molar-refractivity contribution is 0.0236. The van der Waals surface area contributed by atoms with Crippen LogP contribution < -0.4 is 4.74 Å². The third-order valence-corrected chi connectivity index (χ3v) is 2.22. The summed E-state index contributed by atoms with van der Waals surface area (Å²) >= 11 is 5.68. The van der Waals surface area contributed by atoms with E-state index in [4.69, 9.17) is 21.1 Å². The Bertz CT molecular complexity index is 303. The van der Waals surface area contributed by atoms with Gasteiger partial charge in [-0.15, -0.1) is 0 Å². The summed E-state index contributed by atoms with van der Waals surface area (Å²) in [6.45, 7) is 1.50. The predicted molar refractivity (Wildman–Crippen MR) is 51.5 cm³/mol. The second-order valence-electron chi connectivity index (χ2n) is 3.11. The van der Waals surface area contributed by atoms with E-state index in [1.54, 1.807) is 6.20 Å². The molecule has 14 heavy (non-hydrogen) atoms. The summed E-state index contributed by atoms with van der Waals surface area (Å²) in [6, 6.07) is 0. The molecule has 0 amide bonds. The Morgan fingerprint density at radius 1 is 1.36 bits per heavy atom. The highest BCUT2D eigenvalue weighted by Gasteiger charge is 2.15. The van der Waals surface area contributed by atoms with Crippen LogP contribution in [0, 0.1) is 0 Å². The molecule has 1 aliphatic rings. The first kappa shape index (κ1) is 9.68. The third-order valence-electron chi connectivity index (χ3n) is 2.04. The average molecular weight is 215 g/mol. The maximum atomic E-state index is 5.68. The highest BCUT2D eigenvalue weighted by atomic mass is 35.5. The van der Waals surface area contributed by atoms with E-state index in [1.807, 2.05) is 0 Å². The molecular weight excluding hydrogens is 204 g/mol. The number of rotatable bonds is 2. The lowest BCUT2D eigenvalue weighted by Crippen LogP contribution is -2.26. The topological polar surface area (TPSA) is 44.2 Å². The largest absolute Gasteiger partial charge is 0.473 e. The lowest BCUT2D eigenvalue weighted by atomic mass is 10.2. The van der Waals surface area contributed by atoms with Crippen LogP contribution in [0.3, 0.4) is 0 Å². The van der Waals surface area contributed by atoms with Gasteiger partial charge in [0.05, 0.1) is 25.6 Å². The normalized spacial score (nSPS) is 18.1. The van der Waals surface area contributed by atoms with Gasteiger partial charge in [0.15, 0.2) is 5.15 Å². The summed E-state index contributed by atoms with van der Waals surface area (Å²) in [4.78, 5) is 7.91. The molecule has 5 heteroatoms. The highest BCUT2D eigenvalue weighted by Crippen LogP contribution is 2.16. The second-order valence-corrected chi connectivity index (χ2v) is 3.50. The molecule has 2 rings (SSSR count). The molecular formula is C9H11ClN2O2. The standard InChI is InChI=1S/C9H11ClN2O2/c10-8-5-11-6-9(12-8)14-7-1-3-13-4-2-7/h5-7H,1-4H2. The molecule has 0 aliphatic carbocycles. The van der Waals surface area contributed by atoms with Crippen LogP contribution in [0.1, 0.15) is 12.8 Å². The molecule has 0 saturated carbocycles. The Morgan fingerprint density at radius 3 is 2.86 bits per heavy atom. The van der Waals surface area contributed by atoms with Crippen molar-refractivity contribution in [2.75, 3.05) is 13.2 Å². The first-order valence-electron chi connectivity index (χ1n) is 4.56. The van der Waals surface area contributed by atoms with Gasteiger partial charge in [-0.2, -0.15) is 4.98 Å². The van der Waals surface area contributed by atoms with Gasteiger partial charge in [0.25, 0.3) is 0 Å². The SMILES string of the molecule is Clc1cncc(OC2CCOCC2)n1. The molecule has 1 aliphatic heterocycles. The maximum absolute atomic E-state index is 5.68. The molecule has 0 radical (unpaired) electrons. The molecule has 1 aromatic rings. The van der Waals surface area contributed by atoms with E-state index in [0.29, 0.717) is 11.0 Å². The molecule has 0 atom stereocenters. The predicted octanol–water partition coefficient (Wildman–Crippen LogP) is 1.69. The van der Waals surface area contributed by atoms with Gasteiger partial charge in [-0.3, -0.25) is 4.98 Å². The number of hydrogen-bond acceptors (Lipinski definition) is 4. The molecule has 76 valence electrons. The van der Waals surface area contributed by atoms with E-state index in [-0.39, 0.29) is 6.10 Å². The smallest absolute Gasteiger partial charge is 0.234 e. The van der Waals surface area contributed by atoms with Crippen LogP contribution in [0.5, 0.6) is 5.88 Å². The van der Waals surface area contributed by atoms with E-state index < -0.39 is 0 Å². The van der Waals surface area contributed by atoms with Crippen molar-refractivity contribution in [2.24, 2.45) is 0 Å². The zero-order chi connectivity index (χ0) is 9.80. The third kappa shape index (κ3) is 2.56. The van der Waals surface area contributed by atoms with Gasteiger partial charge in [-0.25, -0.2) is 0 Å². The molecule has 0 bridgehead atoms. The summed E-state index contributed by atoms with van der Waals surface area (Å²) in [7, 11) is 0. The van der Waals surface area contributed by atoms with E-state index in [2.05, 4.69) is 9.97 Å². The summed E-state index contributed by atoms with van der Waals surface area (Å²) in [5.41, 5.74) is 0. The van der Waals surface area contributed by atoms with Gasteiger partial charge in [-0.05, 0) is 0 Å². The second kappa shape index (κ2) is 4.57. The van der Waals surface area contributed by atoms with Crippen molar-refractivity contribution in [2.45, 2.75) is 18.9 Å². The summed E-state index contributed by atoms with van der Waals surface area (Å²) in [6.07, 6.45) is 5.03. The Labute approximate surface area is 87.2 Å². The van der Waals surface area contributed by atoms with Crippen molar-refractivity contribution in [1.82, 2.24) is 9.97 Å². The van der Waals surface area contributed by atoms with Crippen molar-refractivity contribution in [3.8, 4) is 5.88 Å². The summed E-state index contributed by atoms with van der Waals surface area (Å²) in [5, 5.41) is 0.356. The molecule has 1 aromatic heterocycles. The number of hydrogen-bond donors (Lipinski definition) is 0. The fourth-order valence-corrected chi connectivity index (χ4v) is 1.49. The van der Waals surface area contributed by atoms with Crippen LogP contribution in [0.15, 0.2) is 12.4 Å². The molecule has 0 unspecified atom stereocenters. The minimum atomic E-state index is 0.177. The van der Waals surface area contributed by atoms with Crippen LogP contribution in [0.2, 0.25) is 5.15 Å².